The number of rotatable bonds is 5. The van der Waals surface area contributed by atoms with E-state index < -0.39 is 8.56 Å². The largest absolute Gasteiger partial charge is 0.398 e. The lowest BCUT2D eigenvalue weighted by Gasteiger charge is -2.21. The molecule has 0 bridgehead atoms. The Hall–Kier alpha value is 0.387. The topological polar surface area (TPSA) is 44.5 Å². The molecule has 0 heterocycles. The molecule has 2 N–H and O–H groups in total. The third kappa shape index (κ3) is 5.63. The van der Waals surface area contributed by atoms with Crippen molar-refractivity contribution in [2.75, 3.05) is 20.8 Å². The zero-order valence-electron chi connectivity index (χ0n) is 7.42. The second-order valence-corrected chi connectivity index (χ2v) is 6.02. The van der Waals surface area contributed by atoms with Gasteiger partial charge in [0.1, 0.15) is 0 Å². The highest BCUT2D eigenvalue weighted by atomic mass is 35.5. The normalized spacial score (nSPS) is 10.9. The first-order chi connectivity index (χ1) is 4.68. The molecule has 0 rings (SSSR count). The van der Waals surface area contributed by atoms with Gasteiger partial charge in [-0.3, -0.25) is 0 Å². The van der Waals surface area contributed by atoms with Crippen molar-refractivity contribution in [3.63, 3.8) is 0 Å². The van der Waals surface area contributed by atoms with Crippen molar-refractivity contribution in [1.82, 2.24) is 0 Å². The van der Waals surface area contributed by atoms with E-state index in [-0.39, 0.29) is 12.4 Å². The summed E-state index contributed by atoms with van der Waals surface area (Å²) in [5.41, 5.74) is 5.36. The van der Waals surface area contributed by atoms with Crippen molar-refractivity contribution in [2.45, 2.75) is 19.0 Å². The molecule has 0 atom stereocenters. The Morgan fingerprint density at radius 2 is 1.73 bits per heavy atom. The van der Waals surface area contributed by atoms with Gasteiger partial charge in [0.2, 0.25) is 0 Å². The molecule has 0 aromatic carbocycles. The summed E-state index contributed by atoms with van der Waals surface area (Å²) >= 11 is 0. The van der Waals surface area contributed by atoms with E-state index >= 15 is 0 Å². The van der Waals surface area contributed by atoms with Crippen LogP contribution in [0.1, 0.15) is 6.42 Å². The van der Waals surface area contributed by atoms with Gasteiger partial charge in [0.25, 0.3) is 0 Å². The Morgan fingerprint density at radius 1 is 1.27 bits per heavy atom. The van der Waals surface area contributed by atoms with Gasteiger partial charge < -0.3 is 14.6 Å². The second kappa shape index (κ2) is 7.06. The lowest BCUT2D eigenvalue weighted by molar-refractivity contribution is 0.249. The Kier molecular flexibility index (Phi) is 8.95. The van der Waals surface area contributed by atoms with Crippen LogP contribution < -0.4 is 5.73 Å². The summed E-state index contributed by atoms with van der Waals surface area (Å²) in [6, 6.07) is 0.983. The predicted octanol–water partition coefficient (Wildman–Crippen LogP) is 1.12. The molecule has 0 aromatic heterocycles. The number of halogens is 1. The number of nitrogens with two attached hydrogens (primary N) is 1. The molecule has 0 saturated heterocycles. The van der Waals surface area contributed by atoms with Gasteiger partial charge in [-0.2, -0.15) is 0 Å². The summed E-state index contributed by atoms with van der Waals surface area (Å²) in [6.07, 6.45) is 0.990. The van der Waals surface area contributed by atoms with Crippen LogP contribution in [0, 0.1) is 0 Å². The third-order valence-electron chi connectivity index (χ3n) is 1.70. The van der Waals surface area contributed by atoms with Crippen LogP contribution in [0.2, 0.25) is 12.6 Å². The fraction of sp³-hybridized carbons (Fsp3) is 1.00. The van der Waals surface area contributed by atoms with E-state index in [1.54, 1.807) is 14.2 Å². The van der Waals surface area contributed by atoms with Crippen LogP contribution in [0.3, 0.4) is 0 Å². The fourth-order valence-corrected chi connectivity index (χ4v) is 2.13. The molecule has 0 saturated carbocycles. The highest BCUT2D eigenvalue weighted by Crippen LogP contribution is 2.12. The Morgan fingerprint density at radius 3 is 2.00 bits per heavy atom. The van der Waals surface area contributed by atoms with E-state index in [1.807, 2.05) is 6.55 Å². The van der Waals surface area contributed by atoms with Crippen LogP contribution in [-0.2, 0) is 8.85 Å². The van der Waals surface area contributed by atoms with Crippen LogP contribution in [-0.4, -0.2) is 29.3 Å². The van der Waals surface area contributed by atoms with Crippen molar-refractivity contribution in [3.05, 3.63) is 0 Å². The molecule has 0 unspecified atom stereocenters. The van der Waals surface area contributed by atoms with Gasteiger partial charge in [-0.15, -0.1) is 12.4 Å². The highest BCUT2D eigenvalue weighted by molar-refractivity contribution is 6.65. The molecule has 0 aliphatic carbocycles. The first kappa shape index (κ1) is 13.9. The van der Waals surface area contributed by atoms with Crippen molar-refractivity contribution < 1.29 is 8.85 Å². The van der Waals surface area contributed by atoms with E-state index in [9.17, 15) is 0 Å². The standard InChI is InChI=1S/C6H17NO2Si.ClH/c1-8-10(3,9-2)6-4-5-7;/h4-7H2,1-3H3;1H. The molecule has 0 aliphatic heterocycles. The molecule has 0 aromatic rings. The minimum Gasteiger partial charge on any atom is -0.398 e. The van der Waals surface area contributed by atoms with Crippen molar-refractivity contribution >= 4 is 21.0 Å². The van der Waals surface area contributed by atoms with E-state index in [0.29, 0.717) is 0 Å². The zero-order valence-corrected chi connectivity index (χ0v) is 9.24. The van der Waals surface area contributed by atoms with Gasteiger partial charge in [0.05, 0.1) is 0 Å². The van der Waals surface area contributed by atoms with E-state index in [4.69, 9.17) is 14.6 Å². The quantitative estimate of drug-likeness (QED) is 0.676. The van der Waals surface area contributed by atoms with Crippen molar-refractivity contribution in [2.24, 2.45) is 5.73 Å². The third-order valence-corrected chi connectivity index (χ3v) is 4.69. The monoisotopic (exact) mass is 199 g/mol. The maximum Gasteiger partial charge on any atom is 0.334 e. The number of hydrogen-bond acceptors (Lipinski definition) is 3. The van der Waals surface area contributed by atoms with Crippen LogP contribution in [0.15, 0.2) is 0 Å². The van der Waals surface area contributed by atoms with Gasteiger partial charge in [-0.25, -0.2) is 0 Å². The Labute approximate surface area is 75.9 Å². The molecule has 3 nitrogen and oxygen atoms in total. The summed E-state index contributed by atoms with van der Waals surface area (Å²) in [6.45, 7) is 2.76. The SMILES string of the molecule is CO[Si](C)(CCCN)OC.Cl. The molecule has 0 aliphatic rings. The van der Waals surface area contributed by atoms with Crippen LogP contribution in [0.25, 0.3) is 0 Å². The molecular weight excluding hydrogens is 182 g/mol. The van der Waals surface area contributed by atoms with E-state index in [1.165, 1.54) is 0 Å². The zero-order chi connectivity index (χ0) is 8.04. The van der Waals surface area contributed by atoms with Crippen molar-refractivity contribution in [3.8, 4) is 0 Å². The summed E-state index contributed by atoms with van der Waals surface area (Å²) in [5.74, 6) is 0. The minimum absolute atomic E-state index is 0. The van der Waals surface area contributed by atoms with E-state index in [0.717, 1.165) is 19.0 Å². The Bertz CT molecular complexity index is 90.7. The minimum atomic E-state index is -1.80. The molecule has 0 amide bonds. The smallest absolute Gasteiger partial charge is 0.334 e. The Balaban J connectivity index is 0. The maximum absolute atomic E-state index is 5.36. The first-order valence-corrected chi connectivity index (χ1v) is 6.01. The predicted molar refractivity (Wildman–Crippen MR) is 51.4 cm³/mol. The molecular formula is C6H18ClNO2Si. The molecule has 0 radical (unpaired) electrons. The van der Waals surface area contributed by atoms with Crippen molar-refractivity contribution in [1.29, 1.82) is 0 Å². The highest BCUT2D eigenvalue weighted by Gasteiger charge is 2.27. The summed E-state index contributed by atoms with van der Waals surface area (Å²) in [5, 5.41) is 0. The average molecular weight is 200 g/mol. The van der Waals surface area contributed by atoms with Gasteiger partial charge in [-0.1, -0.05) is 0 Å². The van der Waals surface area contributed by atoms with Crippen LogP contribution >= 0.6 is 12.4 Å². The molecule has 11 heavy (non-hydrogen) atoms. The van der Waals surface area contributed by atoms with Crippen LogP contribution in [0.5, 0.6) is 0 Å². The van der Waals surface area contributed by atoms with Gasteiger partial charge in [-0.05, 0) is 25.6 Å². The number of hydrogen-bond donors (Lipinski definition) is 1. The molecule has 70 valence electrons. The summed E-state index contributed by atoms with van der Waals surface area (Å²) in [7, 11) is 1.60. The molecule has 0 spiro atoms. The fourth-order valence-electron chi connectivity index (χ4n) is 0.711. The maximum atomic E-state index is 5.36. The van der Waals surface area contributed by atoms with Gasteiger partial charge >= 0.3 is 8.56 Å². The second-order valence-electron chi connectivity index (χ2n) is 2.43. The summed E-state index contributed by atoms with van der Waals surface area (Å²) < 4.78 is 10.5. The lowest BCUT2D eigenvalue weighted by atomic mass is 10.5. The van der Waals surface area contributed by atoms with Gasteiger partial charge in [0, 0.05) is 14.2 Å². The van der Waals surface area contributed by atoms with E-state index in [2.05, 4.69) is 0 Å². The average Bonchev–Trinajstić information content (AvgIpc) is 2.00. The first-order valence-electron chi connectivity index (χ1n) is 3.49. The van der Waals surface area contributed by atoms with Gasteiger partial charge in [0.15, 0.2) is 0 Å². The summed E-state index contributed by atoms with van der Waals surface area (Å²) in [4.78, 5) is 0. The van der Waals surface area contributed by atoms with Crippen LogP contribution in [0.4, 0.5) is 0 Å². The molecule has 0 fully saturated rings. The lowest BCUT2D eigenvalue weighted by Crippen LogP contribution is -2.36. The molecule has 5 heteroatoms.